The van der Waals surface area contributed by atoms with Gasteiger partial charge in [0.25, 0.3) is 0 Å². The van der Waals surface area contributed by atoms with Crippen LogP contribution in [0.2, 0.25) is 0 Å². The van der Waals surface area contributed by atoms with Crippen LogP contribution in [0.15, 0.2) is 84.9 Å². The Morgan fingerprint density at radius 1 is 0.682 bits per heavy atom. The van der Waals surface area contributed by atoms with Crippen molar-refractivity contribution in [3.05, 3.63) is 116 Å². The van der Waals surface area contributed by atoms with Gasteiger partial charge in [-0.1, -0.05) is 24.3 Å². The lowest BCUT2D eigenvalue weighted by atomic mass is 9.57. The number of phenolic OH excluding ortho intramolecular Hbond substituents is 2. The number of phenols is 2. The molecule has 4 fully saturated rings. The van der Waals surface area contributed by atoms with E-state index in [4.69, 9.17) is 18.9 Å². The van der Waals surface area contributed by atoms with Gasteiger partial charge in [0.15, 0.2) is 17.8 Å². The van der Waals surface area contributed by atoms with E-state index in [1.807, 2.05) is 48.5 Å². The van der Waals surface area contributed by atoms with Crippen LogP contribution in [-0.4, -0.2) is 32.5 Å². The molecule has 4 aromatic carbocycles. The molecule has 2 N–H and O–H groups in total. The van der Waals surface area contributed by atoms with Crippen molar-refractivity contribution < 1.29 is 39.0 Å². The topological polar surface area (TPSA) is 164 Å². The molecule has 0 aromatic heterocycles. The van der Waals surface area contributed by atoms with E-state index in [0.29, 0.717) is 24.3 Å². The minimum atomic E-state index is -0.660. The number of nitro benzene ring substituents is 2. The molecular formula is C32H26N2O10. The predicted molar refractivity (Wildman–Crippen MR) is 154 cm³/mol. The molecule has 3 heterocycles. The van der Waals surface area contributed by atoms with Crippen LogP contribution in [0, 0.1) is 20.2 Å². The summed E-state index contributed by atoms with van der Waals surface area (Å²) in [5, 5.41) is 41.8. The highest BCUT2D eigenvalue weighted by Gasteiger charge is 2.60. The first-order chi connectivity index (χ1) is 21.1. The maximum Gasteiger partial charge on any atom is 0.310 e. The Balaban J connectivity index is 1.10. The van der Waals surface area contributed by atoms with Gasteiger partial charge >= 0.3 is 11.4 Å². The lowest BCUT2D eigenvalue weighted by Gasteiger charge is -2.61. The molecule has 4 aliphatic rings. The maximum absolute atomic E-state index is 11.0. The van der Waals surface area contributed by atoms with Gasteiger partial charge in [0.05, 0.1) is 21.6 Å². The van der Waals surface area contributed by atoms with E-state index in [2.05, 4.69) is 0 Å². The maximum atomic E-state index is 11.0. The average molecular weight is 599 g/mol. The molecule has 0 unspecified atom stereocenters. The quantitative estimate of drug-likeness (QED) is 0.160. The largest absolute Gasteiger partial charge is 0.502 e. The van der Waals surface area contributed by atoms with Crippen molar-refractivity contribution in [2.45, 2.75) is 49.1 Å². The summed E-state index contributed by atoms with van der Waals surface area (Å²) in [6, 6.07) is 23.0. The van der Waals surface area contributed by atoms with Crippen LogP contribution in [0.4, 0.5) is 11.4 Å². The molecule has 3 aliphatic heterocycles. The Kier molecular flexibility index (Phi) is 6.41. The minimum absolute atomic E-state index is 0.0225. The average Bonchev–Trinajstić information content (AvgIpc) is 2.97. The zero-order chi connectivity index (χ0) is 30.6. The van der Waals surface area contributed by atoms with Crippen molar-refractivity contribution in [2.24, 2.45) is 0 Å². The van der Waals surface area contributed by atoms with Gasteiger partial charge in [-0.25, -0.2) is 0 Å². The van der Waals surface area contributed by atoms with Gasteiger partial charge in [-0.3, -0.25) is 20.2 Å². The van der Waals surface area contributed by atoms with Crippen LogP contribution in [0.1, 0.15) is 36.8 Å². The van der Waals surface area contributed by atoms with Crippen molar-refractivity contribution in [1.82, 2.24) is 0 Å². The zero-order valence-corrected chi connectivity index (χ0v) is 23.1. The van der Waals surface area contributed by atoms with Crippen LogP contribution in [0.25, 0.3) is 0 Å². The minimum Gasteiger partial charge on any atom is -0.502 e. The van der Waals surface area contributed by atoms with E-state index >= 15 is 0 Å². The van der Waals surface area contributed by atoms with Crippen molar-refractivity contribution in [3.8, 4) is 34.5 Å². The lowest BCUT2D eigenvalue weighted by Crippen LogP contribution is -2.62. The first-order valence-electron chi connectivity index (χ1n) is 14.0. The third kappa shape index (κ3) is 4.83. The summed E-state index contributed by atoms with van der Waals surface area (Å²) in [6.45, 7) is 0. The Morgan fingerprint density at radius 2 is 1.18 bits per heavy atom. The lowest BCUT2D eigenvalue weighted by molar-refractivity contribution is -0.386. The molecule has 4 atom stereocenters. The summed E-state index contributed by atoms with van der Waals surface area (Å²) < 4.78 is 24.4. The normalized spacial score (nSPS) is 25.0. The molecule has 1 aliphatic carbocycles. The second kappa shape index (κ2) is 10.2. The second-order valence-electron chi connectivity index (χ2n) is 11.4. The molecular weight excluding hydrogens is 572 g/mol. The van der Waals surface area contributed by atoms with E-state index < -0.39 is 32.6 Å². The summed E-state index contributed by atoms with van der Waals surface area (Å²) in [6.07, 6.45) is 2.71. The first-order valence-corrected chi connectivity index (χ1v) is 14.0. The van der Waals surface area contributed by atoms with E-state index in [1.165, 1.54) is 36.4 Å². The van der Waals surface area contributed by atoms with Gasteiger partial charge in [-0.15, -0.1) is 0 Å². The second-order valence-corrected chi connectivity index (χ2v) is 11.4. The molecule has 0 amide bonds. The number of hydrogen-bond acceptors (Lipinski definition) is 10. The number of aromatic hydroxyl groups is 2. The molecule has 0 radical (unpaired) electrons. The van der Waals surface area contributed by atoms with Crippen molar-refractivity contribution in [1.29, 1.82) is 0 Å². The predicted octanol–water partition coefficient (Wildman–Crippen LogP) is 6.96. The molecule has 8 rings (SSSR count). The Labute approximate surface area is 250 Å². The van der Waals surface area contributed by atoms with Crippen LogP contribution < -0.4 is 9.47 Å². The zero-order valence-electron chi connectivity index (χ0n) is 23.1. The monoisotopic (exact) mass is 598 g/mol. The first kappa shape index (κ1) is 27.6. The molecule has 12 heteroatoms. The summed E-state index contributed by atoms with van der Waals surface area (Å²) >= 11 is 0. The van der Waals surface area contributed by atoms with Crippen LogP contribution >= 0.6 is 0 Å². The number of ether oxygens (including phenoxy) is 4. The Morgan fingerprint density at radius 3 is 1.66 bits per heavy atom. The summed E-state index contributed by atoms with van der Waals surface area (Å²) in [4.78, 5) is 20.6. The van der Waals surface area contributed by atoms with E-state index in [0.717, 1.165) is 24.0 Å². The van der Waals surface area contributed by atoms with Gasteiger partial charge in [0.2, 0.25) is 0 Å². The van der Waals surface area contributed by atoms with Gasteiger partial charge in [0.1, 0.15) is 23.0 Å². The van der Waals surface area contributed by atoms with Crippen LogP contribution in [0.3, 0.4) is 0 Å². The fourth-order valence-electron chi connectivity index (χ4n) is 6.85. The van der Waals surface area contributed by atoms with Crippen LogP contribution in [0.5, 0.6) is 34.5 Å². The molecule has 4 bridgehead atoms. The van der Waals surface area contributed by atoms with E-state index in [1.54, 1.807) is 0 Å². The van der Waals surface area contributed by atoms with Crippen LogP contribution in [-0.2, 0) is 20.5 Å². The Hall–Kier alpha value is -5.20. The summed E-state index contributed by atoms with van der Waals surface area (Å²) in [7, 11) is 0. The number of hydrogen-bond donors (Lipinski definition) is 2. The van der Waals surface area contributed by atoms with E-state index in [9.17, 15) is 30.4 Å². The molecule has 12 nitrogen and oxygen atoms in total. The molecule has 224 valence electrons. The summed E-state index contributed by atoms with van der Waals surface area (Å²) in [5.74, 6) is 0.668. The smallest absolute Gasteiger partial charge is 0.310 e. The highest BCUT2D eigenvalue weighted by atomic mass is 16.7. The fraction of sp³-hybridized carbons (Fsp3) is 0.250. The number of nitro groups is 2. The van der Waals surface area contributed by atoms with Gasteiger partial charge < -0.3 is 29.2 Å². The number of rotatable bonds is 8. The molecule has 1 saturated carbocycles. The van der Waals surface area contributed by atoms with Crippen molar-refractivity contribution >= 4 is 11.4 Å². The fourth-order valence-corrected chi connectivity index (χ4v) is 6.85. The third-order valence-corrected chi connectivity index (χ3v) is 8.66. The highest BCUT2D eigenvalue weighted by molar-refractivity contribution is 5.51. The van der Waals surface area contributed by atoms with Gasteiger partial charge in [-0.2, -0.15) is 0 Å². The number of nitrogens with zero attached hydrogens (tertiary/aromatic N) is 2. The van der Waals surface area contributed by atoms with Crippen molar-refractivity contribution in [2.75, 3.05) is 0 Å². The van der Waals surface area contributed by atoms with E-state index in [-0.39, 0.29) is 35.0 Å². The number of benzene rings is 4. The van der Waals surface area contributed by atoms with Gasteiger partial charge in [0, 0.05) is 42.5 Å². The summed E-state index contributed by atoms with van der Waals surface area (Å²) in [5.41, 5.74) is 0.616. The molecule has 0 spiro atoms. The third-order valence-electron chi connectivity index (χ3n) is 8.66. The highest BCUT2D eigenvalue weighted by Crippen LogP contribution is 2.61. The standard InChI is InChI=1S/C32H26N2O10/c35-28-13-23(9-11-26(28)33(37)38)41-21-5-1-19(2-6-21)31-15-25-16-32(18-31,44-30(17-31)43-25)20-3-7-22(8-4-20)42-24-10-12-27(34(39)40)29(36)14-24/h1-14,25,30,35-36H,15-18H2/t25-,30+,31+,32-/m0/s1. The molecule has 4 aromatic rings. The SMILES string of the molecule is O=[N+]([O-])c1ccc(Oc2ccc([C@@]34C[C@H]5C[C@@](c6ccc(Oc7ccc([N+](=O)[O-])c(O)c7)cc6)(C3)O[C@H](C4)O5)cc2)cc1O. The molecule has 3 saturated heterocycles. The molecule has 44 heavy (non-hydrogen) atoms. The Bertz CT molecular complexity index is 1630. The van der Waals surface area contributed by atoms with Gasteiger partial charge in [-0.05, 0) is 60.4 Å². The van der Waals surface area contributed by atoms with Crippen molar-refractivity contribution in [3.63, 3.8) is 0 Å².